The van der Waals surface area contributed by atoms with Crippen molar-refractivity contribution < 1.29 is 18.5 Å². The average Bonchev–Trinajstić information content (AvgIpc) is 2.24. The highest BCUT2D eigenvalue weighted by Gasteiger charge is 2.40. The highest BCUT2D eigenvalue weighted by atomic mass is 28.4. The Bertz CT molecular complexity index is 431. The first kappa shape index (κ1) is 19.9. The topological polar surface area (TPSA) is 57.1 Å². The fourth-order valence-electron chi connectivity index (χ4n) is 1.01. The third-order valence-electron chi connectivity index (χ3n) is 3.24. The molecule has 0 aromatic rings. The summed E-state index contributed by atoms with van der Waals surface area (Å²) in [6.07, 6.45) is 0. The predicted octanol–water partition coefficient (Wildman–Crippen LogP) is 3.90. The summed E-state index contributed by atoms with van der Waals surface area (Å²) in [6, 6.07) is 0. The second-order valence-electron chi connectivity index (χ2n) is 7.42. The molecule has 0 bridgehead atoms. The van der Waals surface area contributed by atoms with Crippen molar-refractivity contribution in [1.82, 2.24) is 0 Å². The molecule has 0 rings (SSSR count). The first-order chi connectivity index (χ1) is 9.21. The molecule has 0 fully saturated rings. The second kappa shape index (κ2) is 6.78. The van der Waals surface area contributed by atoms with Gasteiger partial charge in [0.2, 0.25) is 14.0 Å². The average molecular weight is 332 g/mol. The van der Waals surface area contributed by atoms with Crippen molar-refractivity contribution in [2.75, 3.05) is 7.11 Å². The molecule has 0 radical (unpaired) electrons. The van der Waals surface area contributed by atoms with Gasteiger partial charge in [0.1, 0.15) is 5.76 Å². The molecule has 0 aromatic heterocycles. The molecule has 0 saturated heterocycles. The van der Waals surface area contributed by atoms with E-state index in [1.165, 1.54) is 7.11 Å². The van der Waals surface area contributed by atoms with Gasteiger partial charge in [0.25, 0.3) is 8.32 Å². The maximum atomic E-state index is 11.9. The number of ether oxygens (including phenoxy) is 1. The fraction of sp³-hybridized carbons (Fsp3) is 0.714. The van der Waals surface area contributed by atoms with Gasteiger partial charge in [-0.1, -0.05) is 32.5 Å². The van der Waals surface area contributed by atoms with Crippen LogP contribution in [-0.4, -0.2) is 35.4 Å². The first-order valence-electron chi connectivity index (χ1n) is 6.94. The lowest BCUT2D eigenvalue weighted by atomic mass is 10.2. The molecule has 21 heavy (non-hydrogen) atoms. The Morgan fingerprint density at radius 3 is 1.90 bits per heavy atom. The lowest BCUT2D eigenvalue weighted by Gasteiger charge is -2.33. The Labute approximate surface area is 130 Å². The Morgan fingerprint density at radius 1 is 1.10 bits per heavy atom. The van der Waals surface area contributed by atoms with E-state index < -0.39 is 22.6 Å². The molecule has 0 aliphatic heterocycles. The van der Waals surface area contributed by atoms with Crippen molar-refractivity contribution >= 4 is 28.3 Å². The predicted molar refractivity (Wildman–Crippen MR) is 91.3 cm³/mol. The van der Waals surface area contributed by atoms with Crippen LogP contribution in [0.3, 0.4) is 0 Å². The van der Waals surface area contributed by atoms with Gasteiger partial charge in [-0.05, 0) is 37.8 Å². The number of methoxy groups -OCH3 is 1. The van der Waals surface area contributed by atoms with Crippen LogP contribution >= 0.6 is 0 Å². The van der Waals surface area contributed by atoms with E-state index in [0.717, 1.165) is 0 Å². The summed E-state index contributed by atoms with van der Waals surface area (Å²) in [7, 11) is -2.70. The van der Waals surface area contributed by atoms with Crippen molar-refractivity contribution in [3.8, 4) is 0 Å². The van der Waals surface area contributed by atoms with E-state index in [0.29, 0.717) is 0 Å². The van der Waals surface area contributed by atoms with Crippen molar-refractivity contribution in [3.63, 3.8) is 0 Å². The van der Waals surface area contributed by atoms with Gasteiger partial charge < -0.3 is 13.7 Å². The fourth-order valence-corrected chi connectivity index (χ4v) is 2.44. The van der Waals surface area contributed by atoms with Gasteiger partial charge >= 0.3 is 5.97 Å². The Hall–Kier alpha value is -1.09. The van der Waals surface area contributed by atoms with Gasteiger partial charge in [-0.25, -0.2) is 4.79 Å². The van der Waals surface area contributed by atoms with Crippen LogP contribution < -0.4 is 0 Å². The number of carbonyl (C=O) groups excluding carboxylic acids is 1. The molecule has 0 aromatic carbocycles. The van der Waals surface area contributed by atoms with E-state index in [-0.39, 0.29) is 16.5 Å². The van der Waals surface area contributed by atoms with Crippen molar-refractivity contribution in [2.45, 2.75) is 58.5 Å². The zero-order chi connectivity index (χ0) is 17.1. The van der Waals surface area contributed by atoms with Crippen LogP contribution in [0, 0.1) is 0 Å². The zero-order valence-corrected chi connectivity index (χ0v) is 16.8. The second-order valence-corrected chi connectivity index (χ2v) is 16.6. The number of carbonyl (C=O) groups is 1. The Kier molecular flexibility index (Phi) is 6.43. The first-order valence-corrected chi connectivity index (χ1v) is 13.3. The number of rotatable bonds is 6. The van der Waals surface area contributed by atoms with Crippen molar-refractivity contribution in [2.24, 2.45) is 5.16 Å². The lowest BCUT2D eigenvalue weighted by Crippen LogP contribution is -2.40. The zero-order valence-electron chi connectivity index (χ0n) is 14.8. The highest BCUT2D eigenvalue weighted by molar-refractivity contribution is 6.74. The van der Waals surface area contributed by atoms with Crippen LogP contribution in [0.2, 0.25) is 37.8 Å². The number of hydrogen-bond acceptors (Lipinski definition) is 5. The quantitative estimate of drug-likeness (QED) is 0.243. The summed E-state index contributed by atoms with van der Waals surface area (Å²) in [4.78, 5) is 11.9. The SMILES string of the molecule is C=C(O[Si](C)(C)C)C(=NO[Si](C)(C)C(C)(C)C)C(=O)OC. The number of nitrogens with zero attached hydrogens (tertiary/aromatic N) is 1. The molecule has 0 aliphatic carbocycles. The van der Waals surface area contributed by atoms with E-state index in [1.54, 1.807) is 0 Å². The molecule has 0 saturated carbocycles. The molecule has 122 valence electrons. The van der Waals surface area contributed by atoms with E-state index in [9.17, 15) is 4.79 Å². The number of oxime groups is 1. The van der Waals surface area contributed by atoms with Crippen LogP contribution in [0.5, 0.6) is 0 Å². The Balaban J connectivity index is 5.32. The smallest absolute Gasteiger partial charge is 0.363 e. The van der Waals surface area contributed by atoms with Gasteiger partial charge in [0.15, 0.2) is 0 Å². The maximum Gasteiger partial charge on any atom is 0.363 e. The van der Waals surface area contributed by atoms with Crippen molar-refractivity contribution in [3.05, 3.63) is 12.3 Å². The third kappa shape index (κ3) is 6.47. The highest BCUT2D eigenvalue weighted by Crippen LogP contribution is 2.36. The summed E-state index contributed by atoms with van der Waals surface area (Å²) in [5.41, 5.74) is 0.00440. The van der Waals surface area contributed by atoms with Gasteiger partial charge in [-0.2, -0.15) is 0 Å². The lowest BCUT2D eigenvalue weighted by molar-refractivity contribution is -0.132. The number of hydrogen-bond donors (Lipinski definition) is 0. The molecule has 0 spiro atoms. The van der Waals surface area contributed by atoms with Crippen LogP contribution in [0.15, 0.2) is 17.5 Å². The molecular weight excluding hydrogens is 302 g/mol. The van der Waals surface area contributed by atoms with E-state index >= 15 is 0 Å². The molecule has 0 N–H and O–H groups in total. The van der Waals surface area contributed by atoms with E-state index in [1.807, 2.05) is 32.7 Å². The minimum absolute atomic E-state index is 0.00440. The summed E-state index contributed by atoms with van der Waals surface area (Å²) in [6.45, 7) is 20.2. The molecular formula is C14H29NO4Si2. The summed E-state index contributed by atoms with van der Waals surface area (Å²) >= 11 is 0. The summed E-state index contributed by atoms with van der Waals surface area (Å²) in [5.74, 6) is -0.392. The normalized spacial score (nSPS) is 13.7. The largest absolute Gasteiger partial charge is 0.543 e. The Morgan fingerprint density at radius 2 is 1.57 bits per heavy atom. The summed E-state index contributed by atoms with van der Waals surface area (Å²) < 4.78 is 16.2. The van der Waals surface area contributed by atoms with Gasteiger partial charge in [0.05, 0.1) is 7.11 Å². The van der Waals surface area contributed by atoms with Gasteiger partial charge in [-0.15, -0.1) is 0 Å². The maximum absolute atomic E-state index is 11.9. The minimum atomic E-state index is -2.11. The van der Waals surface area contributed by atoms with Crippen LogP contribution in [0.25, 0.3) is 0 Å². The molecule has 0 atom stereocenters. The van der Waals surface area contributed by atoms with Crippen molar-refractivity contribution in [1.29, 1.82) is 0 Å². The minimum Gasteiger partial charge on any atom is -0.543 e. The van der Waals surface area contributed by atoms with E-state index in [2.05, 4.69) is 32.5 Å². The van der Waals surface area contributed by atoms with Gasteiger partial charge in [0, 0.05) is 0 Å². The molecule has 0 unspecified atom stereocenters. The molecule has 5 nitrogen and oxygen atoms in total. The standard InChI is InChI=1S/C14H29NO4Si2/c1-11(18-20(6,7)8)12(13(16)17-5)15-19-21(9,10)14(2,3)4/h1H2,2-10H3. The summed E-state index contributed by atoms with van der Waals surface area (Å²) in [5, 5.41) is 4.00. The molecule has 0 amide bonds. The number of esters is 1. The van der Waals surface area contributed by atoms with Crippen LogP contribution in [0.4, 0.5) is 0 Å². The van der Waals surface area contributed by atoms with Crippen LogP contribution in [0.1, 0.15) is 20.8 Å². The van der Waals surface area contributed by atoms with Gasteiger partial charge in [-0.3, -0.25) is 0 Å². The molecule has 7 heteroatoms. The van der Waals surface area contributed by atoms with E-state index in [4.69, 9.17) is 13.7 Å². The molecule has 0 aliphatic rings. The monoisotopic (exact) mass is 331 g/mol. The van der Waals surface area contributed by atoms with Crippen LogP contribution in [-0.2, 0) is 18.5 Å². The molecule has 0 heterocycles. The third-order valence-corrected chi connectivity index (χ3v) is 8.26.